The first-order valence-electron chi connectivity index (χ1n) is 7.83. The van der Waals surface area contributed by atoms with Crippen LogP contribution in [0, 0.1) is 13.8 Å². The van der Waals surface area contributed by atoms with E-state index in [1.165, 1.54) is 21.3 Å². The van der Waals surface area contributed by atoms with E-state index in [0.29, 0.717) is 51.0 Å². The van der Waals surface area contributed by atoms with E-state index in [9.17, 15) is 4.79 Å². The second kappa shape index (κ2) is 6.91. The van der Waals surface area contributed by atoms with E-state index < -0.39 is 0 Å². The van der Waals surface area contributed by atoms with Crippen LogP contribution in [0.3, 0.4) is 0 Å². The number of carbonyl (C=O) groups excluding carboxylic acids is 1. The highest BCUT2D eigenvalue weighted by molar-refractivity contribution is 6.12. The van der Waals surface area contributed by atoms with Crippen LogP contribution in [0.25, 0.3) is 11.1 Å². The number of hydrogen-bond acceptors (Lipinski definition) is 7. The smallest absolute Gasteiger partial charge is 0.258 e. The van der Waals surface area contributed by atoms with Gasteiger partial charge in [0.25, 0.3) is 11.6 Å². The highest BCUT2D eigenvalue weighted by Crippen LogP contribution is 2.40. The Hall–Kier alpha value is -3.29. The monoisotopic (exact) mass is 357 g/mol. The predicted molar refractivity (Wildman–Crippen MR) is 95.3 cm³/mol. The fourth-order valence-electron chi connectivity index (χ4n) is 2.75. The van der Waals surface area contributed by atoms with Crippen molar-refractivity contribution in [2.75, 3.05) is 26.6 Å². The number of hydrogen-bond donors (Lipinski definition) is 1. The molecule has 2 heterocycles. The maximum atomic E-state index is 12.9. The molecule has 0 radical (unpaired) electrons. The van der Waals surface area contributed by atoms with Crippen molar-refractivity contribution in [3.05, 3.63) is 35.2 Å². The van der Waals surface area contributed by atoms with Gasteiger partial charge in [0.15, 0.2) is 11.5 Å². The van der Waals surface area contributed by atoms with Gasteiger partial charge in [-0.1, -0.05) is 5.16 Å². The molecule has 0 aliphatic carbocycles. The molecule has 3 aromatic rings. The van der Waals surface area contributed by atoms with Gasteiger partial charge in [0.2, 0.25) is 5.75 Å². The fourth-order valence-corrected chi connectivity index (χ4v) is 2.75. The lowest BCUT2D eigenvalue weighted by Gasteiger charge is -2.15. The van der Waals surface area contributed by atoms with Crippen molar-refractivity contribution >= 4 is 22.7 Å². The predicted octanol–water partition coefficient (Wildman–Crippen LogP) is 3.12. The molecule has 0 unspecified atom stereocenters. The molecule has 0 atom stereocenters. The molecule has 0 bridgehead atoms. The topological polar surface area (TPSA) is 95.7 Å². The van der Waals surface area contributed by atoms with Gasteiger partial charge in [-0.2, -0.15) is 0 Å². The van der Waals surface area contributed by atoms with Crippen LogP contribution in [-0.4, -0.2) is 37.4 Å². The van der Waals surface area contributed by atoms with Crippen LogP contribution in [0.2, 0.25) is 0 Å². The van der Waals surface area contributed by atoms with Gasteiger partial charge in [-0.25, -0.2) is 4.98 Å². The quantitative estimate of drug-likeness (QED) is 0.749. The molecule has 0 saturated carbocycles. The Kier molecular flexibility index (Phi) is 4.66. The number of benzene rings is 1. The summed E-state index contributed by atoms with van der Waals surface area (Å²) in [6, 6.07) is 5.01. The van der Waals surface area contributed by atoms with Crippen molar-refractivity contribution in [2.24, 2.45) is 0 Å². The average molecular weight is 357 g/mol. The summed E-state index contributed by atoms with van der Waals surface area (Å²) in [5, 5.41) is 7.32. The average Bonchev–Trinajstić information content (AvgIpc) is 3.00. The molecule has 0 aliphatic rings. The maximum Gasteiger partial charge on any atom is 0.258 e. The third-order valence-corrected chi connectivity index (χ3v) is 3.91. The van der Waals surface area contributed by atoms with Crippen LogP contribution in [0.4, 0.5) is 5.69 Å². The number of aryl methyl sites for hydroxylation is 2. The van der Waals surface area contributed by atoms with Crippen molar-refractivity contribution < 1.29 is 23.5 Å². The first-order chi connectivity index (χ1) is 12.5. The van der Waals surface area contributed by atoms with Gasteiger partial charge in [0, 0.05) is 23.5 Å². The minimum Gasteiger partial charge on any atom is -0.493 e. The van der Waals surface area contributed by atoms with Crippen LogP contribution in [0.1, 0.15) is 21.7 Å². The van der Waals surface area contributed by atoms with Crippen LogP contribution in [0.15, 0.2) is 22.7 Å². The van der Waals surface area contributed by atoms with E-state index >= 15 is 0 Å². The van der Waals surface area contributed by atoms with Crippen molar-refractivity contribution in [1.29, 1.82) is 0 Å². The minimum atomic E-state index is -0.318. The first kappa shape index (κ1) is 17.5. The summed E-state index contributed by atoms with van der Waals surface area (Å²) in [4.78, 5) is 17.1. The number of methoxy groups -OCH3 is 3. The number of pyridine rings is 1. The number of nitrogens with zero attached hydrogens (tertiary/aromatic N) is 2. The Morgan fingerprint density at radius 1 is 1.04 bits per heavy atom. The molecule has 0 fully saturated rings. The van der Waals surface area contributed by atoms with Gasteiger partial charge in [-0.15, -0.1) is 0 Å². The molecule has 3 rings (SSSR count). The van der Waals surface area contributed by atoms with Gasteiger partial charge in [0.1, 0.15) is 0 Å². The number of rotatable bonds is 5. The summed E-state index contributed by atoms with van der Waals surface area (Å²) in [7, 11) is 4.54. The van der Waals surface area contributed by atoms with E-state index in [1.807, 2.05) is 0 Å². The molecular formula is C18H19N3O5. The van der Waals surface area contributed by atoms with Crippen molar-refractivity contribution in [1.82, 2.24) is 10.1 Å². The zero-order chi connectivity index (χ0) is 18.8. The summed E-state index contributed by atoms with van der Waals surface area (Å²) < 4.78 is 21.1. The SMILES string of the molecule is COc1cc(NC(=O)c2cc(C)nc3onc(C)c23)cc(OC)c1OC. The summed E-state index contributed by atoms with van der Waals surface area (Å²) in [5.74, 6) is 1.02. The van der Waals surface area contributed by atoms with E-state index in [4.69, 9.17) is 18.7 Å². The standard InChI is InChI=1S/C18H19N3O5/c1-9-6-12(15-10(2)21-26-18(15)19-9)17(22)20-11-7-13(23-3)16(25-5)14(8-11)24-4/h6-8H,1-5H3,(H,20,22). The number of nitrogens with one attached hydrogen (secondary N) is 1. The Morgan fingerprint density at radius 2 is 1.69 bits per heavy atom. The van der Waals surface area contributed by atoms with Crippen LogP contribution in [0.5, 0.6) is 17.2 Å². The lowest BCUT2D eigenvalue weighted by molar-refractivity contribution is 0.102. The zero-order valence-corrected chi connectivity index (χ0v) is 15.2. The van der Waals surface area contributed by atoms with Gasteiger partial charge < -0.3 is 24.1 Å². The first-order valence-corrected chi connectivity index (χ1v) is 7.83. The second-order valence-electron chi connectivity index (χ2n) is 5.63. The van der Waals surface area contributed by atoms with Crippen LogP contribution < -0.4 is 19.5 Å². The molecule has 0 saturated heterocycles. The third-order valence-electron chi connectivity index (χ3n) is 3.91. The number of ether oxygens (including phenoxy) is 3. The largest absolute Gasteiger partial charge is 0.493 e. The molecule has 26 heavy (non-hydrogen) atoms. The lowest BCUT2D eigenvalue weighted by atomic mass is 10.1. The summed E-state index contributed by atoms with van der Waals surface area (Å²) in [6.45, 7) is 3.55. The van der Waals surface area contributed by atoms with Gasteiger partial charge in [-0.05, 0) is 19.9 Å². The number of amides is 1. The van der Waals surface area contributed by atoms with Crippen LogP contribution in [-0.2, 0) is 0 Å². The van der Waals surface area contributed by atoms with E-state index in [0.717, 1.165) is 0 Å². The summed E-state index contributed by atoms with van der Waals surface area (Å²) in [5.41, 5.74) is 2.52. The fraction of sp³-hybridized carbons (Fsp3) is 0.278. The molecule has 1 aromatic carbocycles. The molecule has 2 aromatic heterocycles. The molecule has 1 N–H and O–H groups in total. The lowest BCUT2D eigenvalue weighted by Crippen LogP contribution is -2.13. The van der Waals surface area contributed by atoms with Gasteiger partial charge >= 0.3 is 0 Å². The van der Waals surface area contributed by atoms with E-state index in [-0.39, 0.29) is 5.91 Å². The van der Waals surface area contributed by atoms with E-state index in [2.05, 4.69) is 15.5 Å². The highest BCUT2D eigenvalue weighted by Gasteiger charge is 2.20. The van der Waals surface area contributed by atoms with Crippen molar-refractivity contribution in [3.63, 3.8) is 0 Å². The number of carbonyl (C=O) groups is 1. The Labute approximate surface area is 150 Å². The van der Waals surface area contributed by atoms with Gasteiger partial charge in [0.05, 0.1) is 38.0 Å². The molecule has 0 aliphatic heterocycles. The van der Waals surface area contributed by atoms with Gasteiger partial charge in [-0.3, -0.25) is 4.79 Å². The highest BCUT2D eigenvalue weighted by atomic mass is 16.5. The van der Waals surface area contributed by atoms with E-state index in [1.54, 1.807) is 32.0 Å². The molecule has 0 spiro atoms. The normalized spacial score (nSPS) is 10.7. The molecule has 8 nitrogen and oxygen atoms in total. The Morgan fingerprint density at radius 3 is 2.27 bits per heavy atom. The van der Waals surface area contributed by atoms with Crippen molar-refractivity contribution in [2.45, 2.75) is 13.8 Å². The molecular weight excluding hydrogens is 338 g/mol. The number of fused-ring (bicyclic) bond motifs is 1. The number of anilines is 1. The second-order valence-corrected chi connectivity index (χ2v) is 5.63. The Balaban J connectivity index is 2.02. The zero-order valence-electron chi connectivity index (χ0n) is 15.2. The molecule has 8 heteroatoms. The third kappa shape index (κ3) is 3.01. The minimum absolute atomic E-state index is 0.318. The molecule has 1 amide bonds. The molecule has 136 valence electrons. The number of aromatic nitrogens is 2. The summed E-state index contributed by atoms with van der Waals surface area (Å²) in [6.07, 6.45) is 0. The van der Waals surface area contributed by atoms with Crippen molar-refractivity contribution in [3.8, 4) is 17.2 Å². The van der Waals surface area contributed by atoms with Crippen LogP contribution >= 0.6 is 0 Å². The Bertz CT molecular complexity index is 955. The maximum absolute atomic E-state index is 12.9. The summed E-state index contributed by atoms with van der Waals surface area (Å²) >= 11 is 0.